The molecule has 0 aromatic heterocycles. The Hall–Kier alpha value is -1.10. The molecule has 1 saturated heterocycles. The van der Waals surface area contributed by atoms with Crippen molar-refractivity contribution in [2.75, 3.05) is 19.8 Å². The zero-order valence-electron chi connectivity index (χ0n) is 12.3. The second-order valence-corrected chi connectivity index (χ2v) is 5.55. The van der Waals surface area contributed by atoms with Gasteiger partial charge in [-0.1, -0.05) is 12.1 Å². The highest BCUT2D eigenvalue weighted by atomic mass is 16.5. The van der Waals surface area contributed by atoms with Gasteiger partial charge in [0.2, 0.25) is 0 Å². The fourth-order valence-corrected chi connectivity index (χ4v) is 2.37. The first kappa shape index (κ1) is 15.3. The molecule has 1 aromatic carbocycles. The minimum Gasteiger partial charge on any atom is -0.491 e. The van der Waals surface area contributed by atoms with Gasteiger partial charge in [0.1, 0.15) is 5.75 Å². The summed E-state index contributed by atoms with van der Waals surface area (Å²) in [5.74, 6) is 0.808. The summed E-state index contributed by atoms with van der Waals surface area (Å²) in [7, 11) is 0. The van der Waals surface area contributed by atoms with E-state index in [-0.39, 0.29) is 6.10 Å². The van der Waals surface area contributed by atoms with Crippen molar-refractivity contribution in [1.82, 2.24) is 5.32 Å². The molecule has 1 atom stereocenters. The Labute approximate surface area is 121 Å². The van der Waals surface area contributed by atoms with Crippen molar-refractivity contribution in [3.8, 4) is 5.75 Å². The molecule has 0 bridgehead atoms. The molecule has 4 nitrogen and oxygen atoms in total. The van der Waals surface area contributed by atoms with Gasteiger partial charge in [-0.2, -0.15) is 0 Å². The van der Waals surface area contributed by atoms with Crippen LogP contribution in [0.1, 0.15) is 38.4 Å². The summed E-state index contributed by atoms with van der Waals surface area (Å²) in [6.45, 7) is 6.18. The van der Waals surface area contributed by atoms with Crippen molar-refractivity contribution < 1.29 is 14.6 Å². The fraction of sp³-hybridized carbons (Fsp3) is 0.625. The van der Waals surface area contributed by atoms with Crippen LogP contribution >= 0.6 is 0 Å². The van der Waals surface area contributed by atoms with Crippen molar-refractivity contribution >= 4 is 0 Å². The number of aliphatic hydroxyl groups is 1. The lowest BCUT2D eigenvalue weighted by Gasteiger charge is -2.24. The van der Waals surface area contributed by atoms with E-state index < -0.39 is 6.10 Å². The predicted molar refractivity (Wildman–Crippen MR) is 79.0 cm³/mol. The SMILES string of the molecule is CC(C)Oc1cccc(C(O)CNC2CCOCC2)c1. The van der Waals surface area contributed by atoms with Gasteiger partial charge in [0.15, 0.2) is 0 Å². The number of aliphatic hydroxyl groups excluding tert-OH is 1. The van der Waals surface area contributed by atoms with Gasteiger partial charge in [-0.05, 0) is 44.4 Å². The molecular formula is C16H25NO3. The van der Waals surface area contributed by atoms with E-state index in [1.807, 2.05) is 38.1 Å². The molecule has 0 amide bonds. The van der Waals surface area contributed by atoms with Gasteiger partial charge < -0.3 is 19.9 Å². The third-order valence-corrected chi connectivity index (χ3v) is 3.44. The number of rotatable bonds is 6. The Morgan fingerprint density at radius 2 is 2.10 bits per heavy atom. The molecule has 2 N–H and O–H groups in total. The normalized spacial score (nSPS) is 18.2. The molecule has 1 aliphatic rings. The predicted octanol–water partition coefficient (Wildman–Crippen LogP) is 2.28. The molecule has 20 heavy (non-hydrogen) atoms. The lowest BCUT2D eigenvalue weighted by molar-refractivity contribution is 0.0724. The largest absolute Gasteiger partial charge is 0.491 e. The maximum Gasteiger partial charge on any atom is 0.120 e. The van der Waals surface area contributed by atoms with E-state index in [2.05, 4.69) is 5.32 Å². The average molecular weight is 279 g/mol. The number of hydrogen-bond donors (Lipinski definition) is 2. The molecule has 0 radical (unpaired) electrons. The van der Waals surface area contributed by atoms with E-state index in [1.165, 1.54) is 0 Å². The molecule has 0 saturated carbocycles. The molecule has 1 unspecified atom stereocenters. The van der Waals surface area contributed by atoms with Crippen LogP contribution in [0.25, 0.3) is 0 Å². The number of nitrogens with one attached hydrogen (secondary N) is 1. The summed E-state index contributed by atoms with van der Waals surface area (Å²) in [5, 5.41) is 13.7. The van der Waals surface area contributed by atoms with Crippen molar-refractivity contribution in [2.24, 2.45) is 0 Å². The van der Waals surface area contributed by atoms with Gasteiger partial charge >= 0.3 is 0 Å². The highest BCUT2D eigenvalue weighted by Crippen LogP contribution is 2.20. The van der Waals surface area contributed by atoms with Gasteiger partial charge in [-0.15, -0.1) is 0 Å². The smallest absolute Gasteiger partial charge is 0.120 e. The topological polar surface area (TPSA) is 50.7 Å². The summed E-state index contributed by atoms with van der Waals surface area (Å²) in [4.78, 5) is 0. The zero-order valence-corrected chi connectivity index (χ0v) is 12.3. The first-order valence-corrected chi connectivity index (χ1v) is 7.41. The van der Waals surface area contributed by atoms with E-state index >= 15 is 0 Å². The van der Waals surface area contributed by atoms with E-state index in [0.717, 1.165) is 37.4 Å². The summed E-state index contributed by atoms with van der Waals surface area (Å²) in [6.07, 6.45) is 1.67. The van der Waals surface area contributed by atoms with Gasteiger partial charge in [0, 0.05) is 25.8 Å². The van der Waals surface area contributed by atoms with Crippen LogP contribution in [0.5, 0.6) is 5.75 Å². The molecule has 0 aliphatic carbocycles. The Morgan fingerprint density at radius 1 is 1.35 bits per heavy atom. The monoisotopic (exact) mass is 279 g/mol. The van der Waals surface area contributed by atoms with Gasteiger partial charge in [-0.25, -0.2) is 0 Å². The second kappa shape index (κ2) is 7.62. The minimum atomic E-state index is -0.506. The quantitative estimate of drug-likeness (QED) is 0.839. The minimum absolute atomic E-state index is 0.141. The first-order valence-electron chi connectivity index (χ1n) is 7.41. The van der Waals surface area contributed by atoms with Crippen LogP contribution in [0, 0.1) is 0 Å². The van der Waals surface area contributed by atoms with Crippen LogP contribution in [0.3, 0.4) is 0 Å². The van der Waals surface area contributed by atoms with Crippen molar-refractivity contribution in [1.29, 1.82) is 0 Å². The maximum absolute atomic E-state index is 10.3. The van der Waals surface area contributed by atoms with Gasteiger partial charge in [0.05, 0.1) is 12.2 Å². The highest BCUT2D eigenvalue weighted by molar-refractivity contribution is 5.30. The van der Waals surface area contributed by atoms with Crippen LogP contribution < -0.4 is 10.1 Å². The van der Waals surface area contributed by atoms with Crippen molar-refractivity contribution in [3.63, 3.8) is 0 Å². The summed E-state index contributed by atoms with van der Waals surface area (Å²) >= 11 is 0. The highest BCUT2D eigenvalue weighted by Gasteiger charge is 2.15. The number of hydrogen-bond acceptors (Lipinski definition) is 4. The van der Waals surface area contributed by atoms with Crippen LogP contribution in [0.15, 0.2) is 24.3 Å². The summed E-state index contributed by atoms with van der Waals surface area (Å²) < 4.78 is 11.0. The van der Waals surface area contributed by atoms with Crippen LogP contribution in [0.4, 0.5) is 0 Å². The second-order valence-electron chi connectivity index (χ2n) is 5.55. The standard InChI is InChI=1S/C16H25NO3/c1-12(2)20-15-5-3-4-13(10-15)16(18)11-17-14-6-8-19-9-7-14/h3-5,10,12,14,16-18H,6-9,11H2,1-2H3. The molecule has 2 rings (SSSR count). The molecule has 1 aromatic rings. The molecule has 1 aliphatic heterocycles. The van der Waals surface area contributed by atoms with E-state index in [9.17, 15) is 5.11 Å². The molecule has 0 spiro atoms. The molecule has 4 heteroatoms. The average Bonchev–Trinajstić information content (AvgIpc) is 2.45. The third-order valence-electron chi connectivity index (χ3n) is 3.44. The summed E-state index contributed by atoms with van der Waals surface area (Å²) in [6, 6.07) is 8.14. The Kier molecular flexibility index (Phi) is 5.83. The molecule has 112 valence electrons. The third kappa shape index (κ3) is 4.78. The molecular weight excluding hydrogens is 254 g/mol. The zero-order chi connectivity index (χ0) is 14.4. The summed E-state index contributed by atoms with van der Waals surface area (Å²) in [5.41, 5.74) is 0.891. The van der Waals surface area contributed by atoms with E-state index in [4.69, 9.17) is 9.47 Å². The number of benzene rings is 1. The number of ether oxygens (including phenoxy) is 2. The lowest BCUT2D eigenvalue weighted by atomic mass is 10.1. The van der Waals surface area contributed by atoms with Crippen LogP contribution in [-0.2, 0) is 4.74 Å². The Morgan fingerprint density at radius 3 is 2.80 bits per heavy atom. The Balaban J connectivity index is 1.86. The molecule has 1 fully saturated rings. The van der Waals surface area contributed by atoms with Gasteiger partial charge in [0.25, 0.3) is 0 Å². The van der Waals surface area contributed by atoms with Crippen molar-refractivity contribution in [3.05, 3.63) is 29.8 Å². The van der Waals surface area contributed by atoms with E-state index in [1.54, 1.807) is 0 Å². The molecule has 1 heterocycles. The van der Waals surface area contributed by atoms with E-state index in [0.29, 0.717) is 12.6 Å². The Bertz CT molecular complexity index is 402. The maximum atomic E-state index is 10.3. The van der Waals surface area contributed by atoms with Crippen LogP contribution in [-0.4, -0.2) is 37.0 Å². The lowest BCUT2D eigenvalue weighted by Crippen LogP contribution is -2.37. The fourth-order valence-electron chi connectivity index (χ4n) is 2.37. The van der Waals surface area contributed by atoms with Crippen LogP contribution in [0.2, 0.25) is 0 Å². The van der Waals surface area contributed by atoms with Gasteiger partial charge in [-0.3, -0.25) is 0 Å². The van der Waals surface area contributed by atoms with Crippen molar-refractivity contribution in [2.45, 2.75) is 44.9 Å². The first-order chi connectivity index (χ1) is 9.65.